The zero-order valence-corrected chi connectivity index (χ0v) is 21.2. The van der Waals surface area contributed by atoms with Gasteiger partial charge in [-0.3, -0.25) is 19.2 Å². The Kier molecular flexibility index (Phi) is 25.6. The summed E-state index contributed by atoms with van der Waals surface area (Å²) in [6.45, 7) is 12.1. The van der Waals surface area contributed by atoms with E-state index < -0.39 is 18.1 Å². The van der Waals surface area contributed by atoms with Crippen molar-refractivity contribution in [2.24, 2.45) is 5.73 Å². The van der Waals surface area contributed by atoms with Gasteiger partial charge in [-0.25, -0.2) is 0 Å². The van der Waals surface area contributed by atoms with E-state index in [2.05, 4.69) is 0 Å². The van der Waals surface area contributed by atoms with Crippen molar-refractivity contribution >= 4 is 23.8 Å². The van der Waals surface area contributed by atoms with Crippen molar-refractivity contribution in [3.05, 3.63) is 0 Å². The van der Waals surface area contributed by atoms with Crippen LogP contribution in [0.4, 0.5) is 13.2 Å². The van der Waals surface area contributed by atoms with Crippen molar-refractivity contribution in [3.63, 3.8) is 0 Å². The predicted octanol–water partition coefficient (Wildman–Crippen LogP) is 2.05. The molecule has 0 saturated heterocycles. The van der Waals surface area contributed by atoms with Crippen molar-refractivity contribution in [2.75, 3.05) is 59.4 Å². The normalized spacial score (nSPS) is 10.9. The Morgan fingerprint density at radius 3 is 1.51 bits per heavy atom. The lowest BCUT2D eigenvalue weighted by atomic mass is 10.2. The molecule has 208 valence electrons. The van der Waals surface area contributed by atoms with Gasteiger partial charge < -0.3 is 29.4 Å². The maximum Gasteiger partial charge on any atom is 0.446 e. The predicted molar refractivity (Wildman–Crippen MR) is 121 cm³/mol. The molecule has 0 aliphatic carbocycles. The highest BCUT2D eigenvalue weighted by Gasteiger charge is 2.24. The number of Topliss-reactive ketones (excluding diaryl/α,β-unsaturated/α-hetero) is 2. The number of halogens is 3. The monoisotopic (exact) mass is 519 g/mol. The van der Waals surface area contributed by atoms with E-state index in [4.69, 9.17) is 34.2 Å². The molecular weight excluding hydrogens is 479 g/mol. The van der Waals surface area contributed by atoms with Gasteiger partial charge in [-0.05, 0) is 41.0 Å². The molecule has 10 nitrogen and oxygen atoms in total. The van der Waals surface area contributed by atoms with Crippen molar-refractivity contribution in [1.29, 1.82) is 0 Å². The van der Waals surface area contributed by atoms with Gasteiger partial charge in [-0.1, -0.05) is 0 Å². The van der Waals surface area contributed by atoms with Gasteiger partial charge in [0.15, 0.2) is 11.6 Å². The number of esters is 1. The minimum atomic E-state index is -4.64. The second kappa shape index (κ2) is 23.8. The third-order valence-corrected chi connectivity index (χ3v) is 2.84. The number of aldehydes is 1. The molecule has 0 aromatic heterocycles. The number of nitrogens with two attached hydrogens (primary N) is 1. The molecule has 0 bridgehead atoms. The van der Waals surface area contributed by atoms with Gasteiger partial charge in [0, 0.05) is 19.6 Å². The van der Waals surface area contributed by atoms with E-state index >= 15 is 0 Å². The first-order valence-electron chi connectivity index (χ1n) is 10.9. The molecule has 0 rings (SSSR count). The highest BCUT2D eigenvalue weighted by molar-refractivity contribution is 5.77. The lowest BCUT2D eigenvalue weighted by Gasteiger charge is -2.19. The van der Waals surface area contributed by atoms with Crippen LogP contribution in [0.5, 0.6) is 0 Å². The standard InChI is InChI=1S/C13H24O5.C7H15NO3.C2HF3O/c1-11(14)10-17-9-8-16-7-5-6-12(15)18-13(2,3)4;1-7(9)6-11-5-4-10-3-2-8;3-2(4,5)1-6/h5-10H2,1-4H3;2-6,8H2,1H3;1H. The zero-order valence-electron chi connectivity index (χ0n) is 21.2. The van der Waals surface area contributed by atoms with Crippen LogP contribution in [0.25, 0.3) is 0 Å². The molecule has 35 heavy (non-hydrogen) atoms. The van der Waals surface area contributed by atoms with Crippen LogP contribution in [-0.4, -0.2) is 95.0 Å². The van der Waals surface area contributed by atoms with Crippen LogP contribution in [0.2, 0.25) is 0 Å². The lowest BCUT2D eigenvalue weighted by molar-refractivity contribution is -0.156. The Hall–Kier alpha value is -1.93. The van der Waals surface area contributed by atoms with Gasteiger partial charge in [-0.15, -0.1) is 0 Å². The summed E-state index contributed by atoms with van der Waals surface area (Å²) in [5, 5.41) is 0. The van der Waals surface area contributed by atoms with E-state index in [1.54, 1.807) is 0 Å². The van der Waals surface area contributed by atoms with Crippen molar-refractivity contribution in [3.8, 4) is 0 Å². The number of hydrogen-bond acceptors (Lipinski definition) is 10. The second-order valence-corrected chi connectivity index (χ2v) is 7.87. The number of ether oxygens (including phenoxy) is 5. The minimum Gasteiger partial charge on any atom is -0.460 e. The third kappa shape index (κ3) is 46.1. The Morgan fingerprint density at radius 2 is 1.17 bits per heavy atom. The first-order chi connectivity index (χ1) is 16.1. The summed E-state index contributed by atoms with van der Waals surface area (Å²) in [5.41, 5.74) is 4.74. The van der Waals surface area contributed by atoms with Crippen LogP contribution in [0.15, 0.2) is 0 Å². The van der Waals surface area contributed by atoms with E-state index in [1.807, 2.05) is 20.8 Å². The molecule has 13 heteroatoms. The minimum absolute atomic E-state index is 0.0000688. The number of carbonyl (C=O) groups is 4. The first-order valence-corrected chi connectivity index (χ1v) is 10.9. The average Bonchev–Trinajstić information content (AvgIpc) is 2.71. The lowest BCUT2D eigenvalue weighted by Crippen LogP contribution is -2.23. The molecule has 0 aliphatic heterocycles. The molecule has 2 N–H and O–H groups in total. The van der Waals surface area contributed by atoms with Crippen molar-refractivity contribution in [1.82, 2.24) is 0 Å². The topological polar surface area (TPSA) is 140 Å². The Labute approximate surface area is 204 Å². The van der Waals surface area contributed by atoms with Crippen LogP contribution < -0.4 is 5.73 Å². The van der Waals surface area contributed by atoms with Gasteiger partial charge in [0.05, 0.1) is 33.0 Å². The fourth-order valence-corrected chi connectivity index (χ4v) is 1.67. The van der Waals surface area contributed by atoms with E-state index in [0.717, 1.165) is 0 Å². The fraction of sp³-hybridized carbons (Fsp3) is 0.818. The molecule has 0 radical (unpaired) electrons. The fourth-order valence-electron chi connectivity index (χ4n) is 1.67. The van der Waals surface area contributed by atoms with Gasteiger partial charge in [0.1, 0.15) is 18.8 Å². The van der Waals surface area contributed by atoms with E-state index in [9.17, 15) is 27.6 Å². The number of hydrogen-bond donors (Lipinski definition) is 1. The summed E-state index contributed by atoms with van der Waals surface area (Å²) in [6, 6.07) is 0. The Bertz CT molecular complexity index is 565. The quantitative estimate of drug-likeness (QED) is 0.183. The maximum absolute atomic E-state index is 11.3. The molecule has 0 fully saturated rings. The number of alkyl halides is 3. The summed E-state index contributed by atoms with van der Waals surface area (Å²) in [5.74, 6) is -0.178. The van der Waals surface area contributed by atoms with Crippen LogP contribution in [0.1, 0.15) is 47.5 Å². The largest absolute Gasteiger partial charge is 0.460 e. The maximum atomic E-state index is 11.3. The van der Waals surface area contributed by atoms with Gasteiger partial charge >= 0.3 is 12.1 Å². The first kappa shape index (κ1) is 37.6. The van der Waals surface area contributed by atoms with Gasteiger partial charge in [0.2, 0.25) is 6.29 Å². The van der Waals surface area contributed by atoms with Crippen LogP contribution in [-0.2, 0) is 42.9 Å². The molecule has 0 spiro atoms. The van der Waals surface area contributed by atoms with Crippen LogP contribution in [0.3, 0.4) is 0 Å². The molecule has 0 aromatic rings. The number of ketones is 2. The summed E-state index contributed by atoms with van der Waals surface area (Å²) >= 11 is 0. The summed E-state index contributed by atoms with van der Waals surface area (Å²) in [4.78, 5) is 40.9. The molecule has 0 amide bonds. The van der Waals surface area contributed by atoms with Crippen molar-refractivity contribution in [2.45, 2.75) is 59.2 Å². The molecule has 0 aromatic carbocycles. The summed E-state index contributed by atoms with van der Waals surface area (Å²) in [6.07, 6.45) is -4.72. The highest BCUT2D eigenvalue weighted by Crippen LogP contribution is 2.09. The van der Waals surface area contributed by atoms with E-state index in [-0.39, 0.29) is 30.7 Å². The van der Waals surface area contributed by atoms with Gasteiger partial charge in [0.25, 0.3) is 0 Å². The van der Waals surface area contributed by atoms with E-state index in [1.165, 1.54) is 13.8 Å². The summed E-state index contributed by atoms with van der Waals surface area (Å²) < 4.78 is 56.6. The van der Waals surface area contributed by atoms with Crippen LogP contribution in [0, 0.1) is 0 Å². The molecule has 0 aliphatic rings. The third-order valence-electron chi connectivity index (χ3n) is 2.84. The molecule has 0 saturated carbocycles. The van der Waals surface area contributed by atoms with E-state index in [0.29, 0.717) is 59.0 Å². The highest BCUT2D eigenvalue weighted by atomic mass is 19.4. The number of rotatable bonds is 16. The van der Waals surface area contributed by atoms with Gasteiger partial charge in [-0.2, -0.15) is 13.2 Å². The SMILES string of the molecule is CC(=O)COCCOCCCC(=O)OC(C)(C)C.CC(=O)COCCOCCN.O=CC(F)(F)F. The molecular formula is C22H40F3NO9. The molecule has 0 heterocycles. The summed E-state index contributed by atoms with van der Waals surface area (Å²) in [7, 11) is 0. The zero-order chi connectivity index (χ0) is 27.8. The van der Waals surface area contributed by atoms with Crippen LogP contribution >= 0.6 is 0 Å². The number of carbonyl (C=O) groups excluding carboxylic acids is 4. The Balaban J connectivity index is -0.000000509. The molecule has 0 unspecified atom stereocenters. The average molecular weight is 520 g/mol. The van der Waals surface area contributed by atoms with Crippen molar-refractivity contribution < 1.29 is 56.0 Å². The molecule has 0 atom stereocenters. The Morgan fingerprint density at radius 1 is 0.771 bits per heavy atom. The smallest absolute Gasteiger partial charge is 0.446 e. The second-order valence-electron chi connectivity index (χ2n) is 7.87.